The summed E-state index contributed by atoms with van der Waals surface area (Å²) in [4.78, 5) is 34.2. The average Bonchev–Trinajstić information content (AvgIpc) is 2.90. The Labute approximate surface area is 119 Å². The van der Waals surface area contributed by atoms with Gasteiger partial charge in [0.15, 0.2) is 5.66 Å². The van der Waals surface area contributed by atoms with Crippen molar-refractivity contribution in [2.24, 2.45) is 0 Å². The van der Waals surface area contributed by atoms with Gasteiger partial charge in [0.1, 0.15) is 0 Å². The van der Waals surface area contributed by atoms with Crippen molar-refractivity contribution in [3.8, 4) is 0 Å². The summed E-state index contributed by atoms with van der Waals surface area (Å²) in [6, 6.07) is -0.315. The fourth-order valence-electron chi connectivity index (χ4n) is 2.24. The maximum Gasteiger partial charge on any atom is 0.542 e. The molecule has 0 aliphatic carbocycles. The van der Waals surface area contributed by atoms with Crippen LogP contribution in [0.4, 0.5) is 4.79 Å². The van der Waals surface area contributed by atoms with Crippen LogP contribution in [0.1, 0.15) is 25.2 Å². The van der Waals surface area contributed by atoms with E-state index in [1.807, 2.05) is 0 Å². The molecule has 0 saturated carbocycles. The quantitative estimate of drug-likeness (QED) is 0.397. The van der Waals surface area contributed by atoms with E-state index in [1.54, 1.807) is 6.08 Å². The van der Waals surface area contributed by atoms with Crippen LogP contribution in [0.5, 0.6) is 0 Å². The summed E-state index contributed by atoms with van der Waals surface area (Å²) < 4.78 is 13.9. The molecule has 1 aliphatic rings. The van der Waals surface area contributed by atoms with E-state index in [0.29, 0.717) is 25.7 Å². The van der Waals surface area contributed by atoms with E-state index in [9.17, 15) is 14.4 Å². The van der Waals surface area contributed by atoms with Crippen molar-refractivity contribution in [2.75, 3.05) is 13.2 Å². The topological polar surface area (TPSA) is 115 Å². The highest BCUT2D eigenvalue weighted by Gasteiger charge is 2.55. The van der Waals surface area contributed by atoms with Gasteiger partial charge >= 0.3 is 11.9 Å². The van der Waals surface area contributed by atoms with Gasteiger partial charge in [0, 0.05) is 6.54 Å². The second-order valence-corrected chi connectivity index (χ2v) is 4.45. The van der Waals surface area contributed by atoms with Crippen LogP contribution < -0.4 is 11.1 Å². The summed E-state index contributed by atoms with van der Waals surface area (Å²) >= 11 is 0. The highest BCUT2D eigenvalue weighted by molar-refractivity contribution is 5.82. The van der Waals surface area contributed by atoms with Crippen LogP contribution in [0.15, 0.2) is 26.4 Å². The molecule has 0 aromatic carbocycles. The number of carbonyl (C=O) groups excluding carboxylic acids is 2. The maximum atomic E-state index is 11.7. The van der Waals surface area contributed by atoms with Crippen LogP contribution in [-0.2, 0) is 15.2 Å². The smallest absolute Gasteiger partial charge is 0.468 e. The number of amides is 2. The fraction of sp³-hybridized carbons (Fsp3) is 0.500. The molecule has 21 heavy (non-hydrogen) atoms. The Morgan fingerprint density at radius 1 is 1.43 bits per heavy atom. The first-order chi connectivity index (χ1) is 10.1. The van der Waals surface area contributed by atoms with E-state index < -0.39 is 11.5 Å². The van der Waals surface area contributed by atoms with Gasteiger partial charge in [0.05, 0.1) is 6.61 Å². The van der Waals surface area contributed by atoms with Crippen LogP contribution in [0.2, 0.25) is 0 Å². The second-order valence-electron chi connectivity index (χ2n) is 4.45. The number of rotatable bonds is 9. The van der Waals surface area contributed by atoms with E-state index in [2.05, 4.69) is 26.3 Å². The van der Waals surface area contributed by atoms with Crippen LogP contribution in [0.25, 0.3) is 0 Å². The molecule has 9 heteroatoms. The summed E-state index contributed by atoms with van der Waals surface area (Å²) in [5, 5.41) is 6.25. The van der Waals surface area contributed by atoms with Crippen molar-refractivity contribution < 1.29 is 23.3 Å². The molecule has 1 aromatic heterocycles. The van der Waals surface area contributed by atoms with E-state index in [4.69, 9.17) is 4.42 Å². The molecule has 2 rings (SSSR count). The molecular weight excluding hydrogens is 282 g/mol. The standard InChI is InChI=1S/C12H15N3O6/c1-2-6-15-10(17)13-12(15,5-3-4-7-19-8-16)9-14-21-11(18)20-9/h2,8H,1,3-7H2,(H,13,17). The SMILES string of the molecule is C=CCN1C(=O)NC1(CCCCOC=O)c1noc(=O)o1. The number of aromatic nitrogens is 1. The number of unbranched alkanes of at least 4 members (excludes halogenated alkanes) is 1. The molecule has 9 nitrogen and oxygen atoms in total. The molecule has 1 aromatic rings. The zero-order chi connectivity index (χ0) is 15.3. The number of hydrogen-bond donors (Lipinski definition) is 1. The monoisotopic (exact) mass is 297 g/mol. The predicted molar refractivity (Wildman–Crippen MR) is 68.0 cm³/mol. The highest BCUT2D eigenvalue weighted by atomic mass is 16.6. The third kappa shape index (κ3) is 2.81. The first-order valence-electron chi connectivity index (χ1n) is 6.37. The zero-order valence-corrected chi connectivity index (χ0v) is 11.2. The molecule has 1 atom stereocenters. The predicted octanol–water partition coefficient (Wildman–Crippen LogP) is 0.335. The lowest BCUT2D eigenvalue weighted by Gasteiger charge is -2.49. The third-order valence-electron chi connectivity index (χ3n) is 3.19. The minimum atomic E-state index is -1.03. The highest BCUT2D eigenvalue weighted by Crippen LogP contribution is 2.36. The Bertz CT molecular complexity index is 580. The van der Waals surface area contributed by atoms with Crippen LogP contribution in [-0.4, -0.2) is 35.7 Å². The van der Waals surface area contributed by atoms with Crippen molar-refractivity contribution in [3.05, 3.63) is 29.2 Å². The Morgan fingerprint density at radius 2 is 2.24 bits per heavy atom. The minimum absolute atomic E-state index is 0.00902. The van der Waals surface area contributed by atoms with E-state index >= 15 is 0 Å². The van der Waals surface area contributed by atoms with Gasteiger partial charge in [-0.05, 0) is 24.4 Å². The van der Waals surface area contributed by atoms with Crippen LogP contribution in [0.3, 0.4) is 0 Å². The molecule has 114 valence electrons. The number of hydrogen-bond acceptors (Lipinski definition) is 7. The molecule has 2 heterocycles. The molecule has 0 bridgehead atoms. The van der Waals surface area contributed by atoms with Crippen molar-refractivity contribution in [1.82, 2.24) is 15.4 Å². The van der Waals surface area contributed by atoms with E-state index in [0.717, 1.165) is 0 Å². The van der Waals surface area contributed by atoms with Gasteiger partial charge < -0.3 is 14.5 Å². The van der Waals surface area contributed by atoms with Gasteiger partial charge in [-0.2, -0.15) is 0 Å². The normalized spacial score (nSPS) is 20.6. The van der Waals surface area contributed by atoms with Crippen LogP contribution in [0, 0.1) is 0 Å². The molecule has 0 spiro atoms. The van der Waals surface area contributed by atoms with Gasteiger partial charge in [-0.25, -0.2) is 9.59 Å². The maximum absolute atomic E-state index is 11.7. The molecular formula is C12H15N3O6. The Morgan fingerprint density at radius 3 is 2.81 bits per heavy atom. The van der Waals surface area contributed by atoms with Gasteiger partial charge in [-0.15, -0.1) is 6.58 Å². The van der Waals surface area contributed by atoms with Crippen LogP contribution >= 0.6 is 0 Å². The number of nitrogens with one attached hydrogen (secondary N) is 1. The second kappa shape index (κ2) is 6.25. The number of urea groups is 1. The summed E-state index contributed by atoms with van der Waals surface area (Å²) in [6.45, 7) is 4.51. The van der Waals surface area contributed by atoms with Crippen molar-refractivity contribution in [2.45, 2.75) is 24.9 Å². The first-order valence-corrected chi connectivity index (χ1v) is 6.37. The molecule has 2 amide bonds. The zero-order valence-electron chi connectivity index (χ0n) is 11.2. The number of ether oxygens (including phenoxy) is 1. The van der Waals surface area contributed by atoms with Gasteiger partial charge in [0.25, 0.3) is 12.4 Å². The fourth-order valence-corrected chi connectivity index (χ4v) is 2.24. The Hall–Kier alpha value is -2.58. The lowest BCUT2D eigenvalue weighted by molar-refractivity contribution is -0.128. The Kier molecular flexibility index (Phi) is 4.41. The molecule has 1 unspecified atom stereocenters. The molecule has 1 fully saturated rings. The first kappa shape index (κ1) is 14.8. The van der Waals surface area contributed by atoms with E-state index in [1.165, 1.54) is 4.90 Å². The average molecular weight is 297 g/mol. The summed E-state index contributed by atoms with van der Waals surface area (Å²) in [5.41, 5.74) is -1.03. The van der Waals surface area contributed by atoms with Gasteiger partial charge in [-0.3, -0.25) is 14.2 Å². The molecule has 0 radical (unpaired) electrons. The van der Waals surface area contributed by atoms with Crippen molar-refractivity contribution in [1.29, 1.82) is 0 Å². The lowest BCUT2D eigenvalue weighted by Crippen LogP contribution is -2.73. The molecule has 1 N–H and O–H groups in total. The van der Waals surface area contributed by atoms with E-state index in [-0.39, 0.29) is 25.1 Å². The van der Waals surface area contributed by atoms with Crippen molar-refractivity contribution >= 4 is 12.5 Å². The van der Waals surface area contributed by atoms with Gasteiger partial charge in [-0.1, -0.05) is 6.08 Å². The lowest BCUT2D eigenvalue weighted by atomic mass is 9.96. The third-order valence-corrected chi connectivity index (χ3v) is 3.19. The van der Waals surface area contributed by atoms with Crippen molar-refractivity contribution in [3.63, 3.8) is 0 Å². The molecule has 1 aliphatic heterocycles. The summed E-state index contributed by atoms with van der Waals surface area (Å²) in [5.74, 6) is -0.946. The number of nitrogens with zero attached hydrogens (tertiary/aromatic N) is 2. The van der Waals surface area contributed by atoms with Gasteiger partial charge in [0.2, 0.25) is 0 Å². The largest absolute Gasteiger partial charge is 0.542 e. The minimum Gasteiger partial charge on any atom is -0.468 e. The number of carbonyl (C=O) groups is 2. The molecule has 1 saturated heterocycles. The summed E-state index contributed by atoms with van der Waals surface area (Å²) in [7, 11) is 0. The Balaban J connectivity index is 2.11. The summed E-state index contributed by atoms with van der Waals surface area (Å²) in [6.07, 6.45) is 3.18.